The topological polar surface area (TPSA) is 63.0 Å². The zero-order valence-corrected chi connectivity index (χ0v) is 21.6. The second-order valence-corrected chi connectivity index (χ2v) is 4.62. The molecule has 0 bridgehead atoms. The van der Waals surface area contributed by atoms with Gasteiger partial charge in [-0.3, -0.25) is 0 Å². The minimum atomic E-state index is 0. The Morgan fingerprint density at radius 2 is 0.207 bits per heavy atom. The van der Waals surface area contributed by atoms with E-state index in [2.05, 4.69) is 0 Å². The van der Waals surface area contributed by atoms with Gasteiger partial charge in [0.2, 0.25) is 0 Å². The molecule has 0 unspecified atom stereocenters. The molecule has 2 nitrogen and oxygen atoms in total. The van der Waals surface area contributed by atoms with Crippen LogP contribution in [-0.2, 0) is 0 Å². The zero-order valence-electron chi connectivity index (χ0n) is 15.9. The Bertz CT molecular complexity index is 435. The van der Waals surface area contributed by atoms with Gasteiger partial charge >= 0.3 is 0 Å². The summed E-state index contributed by atoms with van der Waals surface area (Å²) in [5, 5.41) is 0. The summed E-state index contributed by atoms with van der Waals surface area (Å²) in [5.74, 6) is 0. The van der Waals surface area contributed by atoms with Gasteiger partial charge in [0, 0.05) is 47.8 Å². The summed E-state index contributed by atoms with van der Waals surface area (Å²) < 4.78 is 0. The van der Waals surface area contributed by atoms with E-state index in [-0.39, 0.29) is 66.2 Å². The van der Waals surface area contributed by atoms with Gasteiger partial charge in [-0.05, 0) is 0 Å². The molecule has 4 aromatic rings. The van der Waals surface area contributed by atoms with Crippen molar-refractivity contribution < 1.29 is 11.0 Å². The largest absolute Gasteiger partial charge is 0.412 e. The Morgan fingerprint density at radius 1 is 0.172 bits per heavy atom. The molecular formula is C25H32O2Sn2. The summed E-state index contributed by atoms with van der Waals surface area (Å²) in [5.41, 5.74) is 0. The third-order valence-electron chi connectivity index (χ3n) is 2.67. The van der Waals surface area contributed by atoms with Gasteiger partial charge in [-0.1, -0.05) is 153 Å². The molecule has 0 aliphatic rings. The first-order valence-electron chi connectivity index (χ1n) is 8.00. The van der Waals surface area contributed by atoms with E-state index in [0.717, 1.165) is 0 Å². The van der Waals surface area contributed by atoms with Crippen LogP contribution in [0.3, 0.4) is 0 Å². The third kappa shape index (κ3) is 31.3. The fourth-order valence-corrected chi connectivity index (χ4v) is 1.54. The van der Waals surface area contributed by atoms with Crippen molar-refractivity contribution in [1.82, 2.24) is 0 Å². The second kappa shape index (κ2) is 33.9. The molecule has 8 radical (unpaired) electrons. The van der Waals surface area contributed by atoms with E-state index < -0.39 is 0 Å². The molecule has 29 heavy (non-hydrogen) atoms. The van der Waals surface area contributed by atoms with Gasteiger partial charge in [-0.2, -0.15) is 0 Å². The van der Waals surface area contributed by atoms with Crippen LogP contribution in [0, 0.1) is 0 Å². The Kier molecular flexibility index (Phi) is 44.5. The predicted molar refractivity (Wildman–Crippen MR) is 131 cm³/mol. The van der Waals surface area contributed by atoms with Crippen molar-refractivity contribution in [1.29, 1.82) is 0 Å². The zero-order chi connectivity index (χ0) is 17.0. The number of rotatable bonds is 0. The van der Waals surface area contributed by atoms with Gasteiger partial charge in [-0.15, -0.1) is 0 Å². The summed E-state index contributed by atoms with van der Waals surface area (Å²) in [6, 6.07) is 48.0. The van der Waals surface area contributed by atoms with Crippen molar-refractivity contribution in [2.75, 3.05) is 0 Å². The van der Waals surface area contributed by atoms with E-state index in [1.54, 1.807) is 0 Å². The van der Waals surface area contributed by atoms with Crippen molar-refractivity contribution in [3.63, 3.8) is 0 Å². The van der Waals surface area contributed by atoms with Crippen LogP contribution in [0.1, 0.15) is 7.43 Å². The molecule has 4 heteroatoms. The Hall–Kier alpha value is -1.60. The maximum absolute atomic E-state index is 2.00. The molecule has 152 valence electrons. The number of hydrogen-bond acceptors (Lipinski definition) is 0. The monoisotopic (exact) mass is 604 g/mol. The molecule has 0 amide bonds. The molecule has 4 rings (SSSR count). The van der Waals surface area contributed by atoms with Crippen LogP contribution in [0.2, 0.25) is 0 Å². The average molecular weight is 602 g/mol. The molecule has 4 aromatic carbocycles. The van der Waals surface area contributed by atoms with Crippen LogP contribution < -0.4 is 0 Å². The minimum absolute atomic E-state index is 0. The van der Waals surface area contributed by atoms with Crippen molar-refractivity contribution in [3.8, 4) is 0 Å². The van der Waals surface area contributed by atoms with E-state index in [1.807, 2.05) is 146 Å². The molecule has 0 atom stereocenters. The van der Waals surface area contributed by atoms with Crippen LogP contribution in [0.15, 0.2) is 146 Å². The molecule has 0 fully saturated rings. The molecule has 0 saturated carbocycles. The van der Waals surface area contributed by atoms with E-state index >= 15 is 0 Å². The summed E-state index contributed by atoms with van der Waals surface area (Å²) in [6.07, 6.45) is 0. The maximum Gasteiger partial charge on any atom is 0 e. The standard InChI is InChI=1S/4C6H6.CH4.2H2O.2Sn/c4*1-2-4-6-5-3-1;;;;;/h4*1-6H;1H4;2*1H2;;. The van der Waals surface area contributed by atoms with Crippen molar-refractivity contribution in [3.05, 3.63) is 146 Å². The molecule has 0 aliphatic heterocycles. The third-order valence-corrected chi connectivity index (χ3v) is 2.67. The van der Waals surface area contributed by atoms with Crippen LogP contribution in [0.5, 0.6) is 0 Å². The SMILES string of the molecule is C.O.O.[Sn].[Sn].c1ccccc1.c1ccccc1.c1ccccc1.c1ccccc1. The van der Waals surface area contributed by atoms with Gasteiger partial charge in [0.25, 0.3) is 0 Å². The molecule has 0 aliphatic carbocycles. The Morgan fingerprint density at radius 3 is 0.241 bits per heavy atom. The molecule has 4 N–H and O–H groups in total. The van der Waals surface area contributed by atoms with E-state index in [0.29, 0.717) is 0 Å². The molecule has 0 heterocycles. The Labute approximate surface area is 210 Å². The predicted octanol–water partition coefficient (Wildman–Crippen LogP) is 4.97. The molecule has 0 aromatic heterocycles. The van der Waals surface area contributed by atoms with E-state index in [9.17, 15) is 0 Å². The first-order valence-corrected chi connectivity index (χ1v) is 8.00. The van der Waals surface area contributed by atoms with E-state index in [4.69, 9.17) is 0 Å². The van der Waals surface area contributed by atoms with Gasteiger partial charge in [-0.25, -0.2) is 0 Å². The quantitative estimate of drug-likeness (QED) is 0.256. The molecule has 0 spiro atoms. The van der Waals surface area contributed by atoms with Crippen molar-refractivity contribution in [2.24, 2.45) is 0 Å². The summed E-state index contributed by atoms with van der Waals surface area (Å²) in [4.78, 5) is 0. The van der Waals surface area contributed by atoms with Crippen molar-refractivity contribution in [2.45, 2.75) is 7.43 Å². The molecular weight excluding hydrogens is 570 g/mol. The van der Waals surface area contributed by atoms with Crippen molar-refractivity contribution >= 4 is 47.8 Å². The normalized spacial score (nSPS) is 6.62. The Balaban J connectivity index is -0.0000000835. The fraction of sp³-hybridized carbons (Fsp3) is 0.0400. The number of benzene rings is 4. The van der Waals surface area contributed by atoms with Crippen LogP contribution in [0.4, 0.5) is 0 Å². The van der Waals surface area contributed by atoms with Crippen LogP contribution >= 0.6 is 0 Å². The summed E-state index contributed by atoms with van der Waals surface area (Å²) in [6.45, 7) is 0. The van der Waals surface area contributed by atoms with E-state index in [1.165, 1.54) is 0 Å². The summed E-state index contributed by atoms with van der Waals surface area (Å²) in [7, 11) is 0. The maximum atomic E-state index is 2.00. The fourth-order valence-electron chi connectivity index (χ4n) is 1.54. The number of hydrogen-bond donors (Lipinski definition) is 0. The second-order valence-electron chi connectivity index (χ2n) is 4.62. The van der Waals surface area contributed by atoms with Gasteiger partial charge in [0.1, 0.15) is 0 Å². The average Bonchev–Trinajstić information content (AvgIpc) is 2.75. The first kappa shape index (κ1) is 38.1. The van der Waals surface area contributed by atoms with Gasteiger partial charge in [0.15, 0.2) is 0 Å². The smallest absolute Gasteiger partial charge is 0 e. The van der Waals surface area contributed by atoms with Gasteiger partial charge in [0.05, 0.1) is 0 Å². The van der Waals surface area contributed by atoms with Crippen LogP contribution in [0.25, 0.3) is 0 Å². The molecule has 0 saturated heterocycles. The van der Waals surface area contributed by atoms with Gasteiger partial charge < -0.3 is 11.0 Å². The summed E-state index contributed by atoms with van der Waals surface area (Å²) >= 11 is 0. The first-order chi connectivity index (χ1) is 12.0. The van der Waals surface area contributed by atoms with Crippen LogP contribution in [-0.4, -0.2) is 58.8 Å². The minimum Gasteiger partial charge on any atom is -0.412 e.